The van der Waals surface area contributed by atoms with Crippen LogP contribution in [0.1, 0.15) is 45.1 Å². The summed E-state index contributed by atoms with van der Waals surface area (Å²) in [6.07, 6.45) is 5.67. The Morgan fingerprint density at radius 3 is 2.85 bits per heavy atom. The molecule has 20 heavy (non-hydrogen) atoms. The van der Waals surface area contributed by atoms with E-state index in [4.69, 9.17) is 4.74 Å². The Hall–Kier alpha value is -1.51. The van der Waals surface area contributed by atoms with Gasteiger partial charge in [0.15, 0.2) is 0 Å². The van der Waals surface area contributed by atoms with Crippen LogP contribution in [0.4, 0.5) is 5.69 Å². The molecule has 1 heterocycles. The van der Waals surface area contributed by atoms with Crippen molar-refractivity contribution < 1.29 is 9.53 Å². The van der Waals surface area contributed by atoms with E-state index in [2.05, 4.69) is 24.4 Å². The molecule has 0 aromatic heterocycles. The van der Waals surface area contributed by atoms with Gasteiger partial charge in [-0.25, -0.2) is 4.79 Å². The summed E-state index contributed by atoms with van der Waals surface area (Å²) in [5, 5.41) is 3.38. The van der Waals surface area contributed by atoms with E-state index in [1.807, 2.05) is 19.1 Å². The maximum Gasteiger partial charge on any atom is 0.328 e. The number of unbranched alkanes of at least 4 members (excludes halogenated alkanes) is 2. The van der Waals surface area contributed by atoms with Crippen molar-refractivity contribution in [3.8, 4) is 0 Å². The normalized spacial score (nSPS) is 20.9. The Morgan fingerprint density at radius 2 is 2.10 bits per heavy atom. The fraction of sp³-hybridized carbons (Fsp3) is 0.588. The Bertz CT molecular complexity index is 444. The Balaban J connectivity index is 2.11. The summed E-state index contributed by atoms with van der Waals surface area (Å²) in [6.45, 7) is 4.51. The van der Waals surface area contributed by atoms with Crippen LogP contribution in [0.25, 0.3) is 0 Å². The van der Waals surface area contributed by atoms with Crippen molar-refractivity contribution in [3.63, 3.8) is 0 Å². The second-order valence-electron chi connectivity index (χ2n) is 5.49. The quantitative estimate of drug-likeness (QED) is 0.634. The lowest BCUT2D eigenvalue weighted by Gasteiger charge is -2.33. The highest BCUT2D eigenvalue weighted by Crippen LogP contribution is 2.31. The summed E-state index contributed by atoms with van der Waals surface area (Å²) in [5.41, 5.74) is 2.40. The first kappa shape index (κ1) is 14.9. The molecule has 0 saturated heterocycles. The highest BCUT2D eigenvalue weighted by atomic mass is 16.5. The second-order valence-corrected chi connectivity index (χ2v) is 5.49. The number of fused-ring (bicyclic) bond motifs is 1. The van der Waals surface area contributed by atoms with Gasteiger partial charge in [-0.3, -0.25) is 0 Å². The molecule has 1 aromatic rings. The van der Waals surface area contributed by atoms with Crippen molar-refractivity contribution in [1.29, 1.82) is 0 Å². The van der Waals surface area contributed by atoms with Gasteiger partial charge in [0.25, 0.3) is 0 Å². The lowest BCUT2D eigenvalue weighted by molar-refractivity contribution is -0.145. The largest absolute Gasteiger partial charge is 0.464 e. The van der Waals surface area contributed by atoms with E-state index < -0.39 is 0 Å². The monoisotopic (exact) mass is 275 g/mol. The molecule has 0 aliphatic carbocycles. The van der Waals surface area contributed by atoms with Gasteiger partial charge in [0.05, 0.1) is 6.61 Å². The Kier molecular flexibility index (Phi) is 5.45. The molecule has 0 bridgehead atoms. The second kappa shape index (κ2) is 7.32. The average Bonchev–Trinajstić information content (AvgIpc) is 2.47. The number of ether oxygens (including phenoxy) is 1. The molecule has 0 fully saturated rings. The summed E-state index contributed by atoms with van der Waals surface area (Å²) in [7, 11) is 0. The minimum absolute atomic E-state index is 0.108. The van der Waals surface area contributed by atoms with Gasteiger partial charge >= 0.3 is 5.97 Å². The van der Waals surface area contributed by atoms with E-state index in [1.54, 1.807) is 0 Å². The minimum Gasteiger partial charge on any atom is -0.464 e. The summed E-state index contributed by atoms with van der Waals surface area (Å²) >= 11 is 0. The number of anilines is 1. The predicted octanol–water partition coefficient (Wildman–Crippen LogP) is 3.78. The van der Waals surface area contributed by atoms with Gasteiger partial charge in [0.2, 0.25) is 0 Å². The molecule has 1 aliphatic rings. The lowest BCUT2D eigenvalue weighted by atomic mass is 9.83. The van der Waals surface area contributed by atoms with Crippen LogP contribution in [0.2, 0.25) is 0 Å². The molecule has 1 aromatic carbocycles. The van der Waals surface area contributed by atoms with Gasteiger partial charge in [-0.05, 0) is 37.3 Å². The van der Waals surface area contributed by atoms with Gasteiger partial charge in [-0.15, -0.1) is 0 Å². The number of nitrogens with one attached hydrogen (secondary N) is 1. The molecule has 0 spiro atoms. The SMILES string of the molecule is CCCCCC1Cc2ccccc2NC1C(=O)OCC. The topological polar surface area (TPSA) is 38.3 Å². The third-order valence-electron chi connectivity index (χ3n) is 4.00. The van der Waals surface area contributed by atoms with Gasteiger partial charge in [0.1, 0.15) is 6.04 Å². The molecule has 3 heteroatoms. The van der Waals surface area contributed by atoms with Crippen LogP contribution in [0.5, 0.6) is 0 Å². The Labute approximate surface area is 121 Å². The Morgan fingerprint density at radius 1 is 1.30 bits per heavy atom. The van der Waals surface area contributed by atoms with E-state index in [-0.39, 0.29) is 12.0 Å². The first-order valence-electron chi connectivity index (χ1n) is 7.77. The smallest absolute Gasteiger partial charge is 0.328 e. The van der Waals surface area contributed by atoms with Gasteiger partial charge in [-0.1, -0.05) is 44.4 Å². The highest BCUT2D eigenvalue weighted by molar-refractivity contribution is 5.81. The molecule has 0 radical (unpaired) electrons. The third-order valence-corrected chi connectivity index (χ3v) is 4.00. The van der Waals surface area contributed by atoms with Crippen molar-refractivity contribution in [1.82, 2.24) is 0 Å². The van der Waals surface area contributed by atoms with Crippen LogP contribution in [0.15, 0.2) is 24.3 Å². The number of para-hydroxylation sites is 1. The number of rotatable bonds is 6. The predicted molar refractivity (Wildman–Crippen MR) is 81.8 cm³/mol. The minimum atomic E-state index is -0.193. The average molecular weight is 275 g/mol. The van der Waals surface area contributed by atoms with Crippen LogP contribution in [0.3, 0.4) is 0 Å². The van der Waals surface area contributed by atoms with Crippen LogP contribution in [-0.2, 0) is 16.0 Å². The molecule has 2 atom stereocenters. The number of esters is 1. The number of carbonyl (C=O) groups is 1. The standard InChI is InChI=1S/C17H25NO2/c1-3-5-6-10-14-12-13-9-7-8-11-15(13)18-16(14)17(19)20-4-2/h7-9,11,14,16,18H,3-6,10,12H2,1-2H3. The molecular weight excluding hydrogens is 250 g/mol. The zero-order valence-electron chi connectivity index (χ0n) is 12.5. The number of hydrogen-bond donors (Lipinski definition) is 1. The molecule has 2 rings (SSSR count). The van der Waals surface area contributed by atoms with Crippen LogP contribution >= 0.6 is 0 Å². The van der Waals surface area contributed by atoms with Crippen LogP contribution in [0, 0.1) is 5.92 Å². The van der Waals surface area contributed by atoms with E-state index in [1.165, 1.54) is 24.8 Å². The lowest BCUT2D eigenvalue weighted by Crippen LogP contribution is -2.42. The molecule has 110 valence electrons. The summed E-state index contributed by atoms with van der Waals surface area (Å²) < 4.78 is 5.23. The first-order valence-corrected chi connectivity index (χ1v) is 7.77. The van der Waals surface area contributed by atoms with E-state index in [0.29, 0.717) is 12.5 Å². The molecule has 0 amide bonds. The van der Waals surface area contributed by atoms with Gasteiger partial charge < -0.3 is 10.1 Å². The number of benzene rings is 1. The van der Waals surface area contributed by atoms with E-state index in [0.717, 1.165) is 18.5 Å². The summed E-state index contributed by atoms with van der Waals surface area (Å²) in [4.78, 5) is 12.2. The van der Waals surface area contributed by atoms with E-state index >= 15 is 0 Å². The fourth-order valence-corrected chi connectivity index (χ4v) is 2.93. The van der Waals surface area contributed by atoms with Crippen molar-refractivity contribution in [2.24, 2.45) is 5.92 Å². The highest BCUT2D eigenvalue weighted by Gasteiger charge is 2.33. The maximum atomic E-state index is 12.2. The van der Waals surface area contributed by atoms with Crippen molar-refractivity contribution >= 4 is 11.7 Å². The molecule has 0 saturated carbocycles. The third kappa shape index (κ3) is 3.53. The van der Waals surface area contributed by atoms with Crippen molar-refractivity contribution in [2.45, 2.75) is 52.0 Å². The van der Waals surface area contributed by atoms with Gasteiger partial charge in [-0.2, -0.15) is 0 Å². The van der Waals surface area contributed by atoms with Crippen molar-refractivity contribution in [3.05, 3.63) is 29.8 Å². The summed E-state index contributed by atoms with van der Waals surface area (Å²) in [5.74, 6) is 0.235. The molecule has 1 aliphatic heterocycles. The fourth-order valence-electron chi connectivity index (χ4n) is 2.93. The summed E-state index contributed by atoms with van der Waals surface area (Å²) in [6, 6.07) is 8.07. The zero-order valence-corrected chi connectivity index (χ0v) is 12.5. The van der Waals surface area contributed by atoms with Crippen molar-refractivity contribution in [2.75, 3.05) is 11.9 Å². The van der Waals surface area contributed by atoms with E-state index in [9.17, 15) is 4.79 Å². The zero-order chi connectivity index (χ0) is 14.4. The number of carbonyl (C=O) groups excluding carboxylic acids is 1. The molecule has 1 N–H and O–H groups in total. The molecule has 3 nitrogen and oxygen atoms in total. The number of hydrogen-bond acceptors (Lipinski definition) is 3. The first-order chi connectivity index (χ1) is 9.76. The van der Waals surface area contributed by atoms with Crippen LogP contribution in [-0.4, -0.2) is 18.6 Å². The molecular formula is C17H25NO2. The molecule has 2 unspecified atom stereocenters. The maximum absolute atomic E-state index is 12.2. The van der Waals surface area contributed by atoms with Crippen LogP contribution < -0.4 is 5.32 Å². The van der Waals surface area contributed by atoms with Gasteiger partial charge in [0, 0.05) is 5.69 Å².